The first-order valence-electron chi connectivity index (χ1n) is 7.79. The number of nitrogens with one attached hydrogen (secondary N) is 2. The van der Waals surface area contributed by atoms with Gasteiger partial charge in [0.15, 0.2) is 0 Å². The SMILES string of the molecule is NC(=S)c1cn[nH]c1NC(=O)C1CCC2CCCCC2C1. The molecule has 1 amide bonds. The van der Waals surface area contributed by atoms with E-state index in [1.165, 1.54) is 32.1 Å². The molecule has 2 fully saturated rings. The molecule has 3 unspecified atom stereocenters. The number of aromatic nitrogens is 2. The number of thiocarbonyl (C=S) groups is 1. The Morgan fingerprint density at radius 2 is 2.05 bits per heavy atom. The molecule has 6 heteroatoms. The highest BCUT2D eigenvalue weighted by Crippen LogP contribution is 2.42. The van der Waals surface area contributed by atoms with Crippen LogP contribution in [0, 0.1) is 17.8 Å². The summed E-state index contributed by atoms with van der Waals surface area (Å²) in [5, 5.41) is 9.58. The van der Waals surface area contributed by atoms with Gasteiger partial charge in [0.2, 0.25) is 5.91 Å². The molecule has 2 saturated carbocycles. The first kappa shape index (κ1) is 14.5. The smallest absolute Gasteiger partial charge is 0.228 e. The van der Waals surface area contributed by atoms with Crippen LogP contribution in [0.3, 0.4) is 0 Å². The molecular formula is C15H22N4OS. The standard InChI is InChI=1S/C15H22N4OS/c16-13(21)12-8-17-19-14(12)18-15(20)11-6-5-9-3-1-2-4-10(9)7-11/h8-11H,1-7H2,(H2,16,21)(H2,17,18,19,20). The minimum Gasteiger partial charge on any atom is -0.389 e. The van der Waals surface area contributed by atoms with Gasteiger partial charge in [-0.05, 0) is 31.1 Å². The van der Waals surface area contributed by atoms with Gasteiger partial charge in [-0.2, -0.15) is 5.10 Å². The predicted octanol–water partition coefficient (Wildman–Crippen LogP) is 2.59. The second kappa shape index (κ2) is 6.13. The fraction of sp³-hybridized carbons (Fsp3) is 0.667. The van der Waals surface area contributed by atoms with Gasteiger partial charge in [-0.3, -0.25) is 9.89 Å². The number of rotatable bonds is 3. The fourth-order valence-corrected chi connectivity index (χ4v) is 4.06. The molecule has 2 aliphatic carbocycles. The fourth-order valence-electron chi connectivity index (χ4n) is 3.91. The van der Waals surface area contributed by atoms with Gasteiger partial charge in [0.25, 0.3) is 0 Å². The van der Waals surface area contributed by atoms with E-state index < -0.39 is 0 Å². The third-order valence-corrected chi connectivity index (χ3v) is 5.28. The van der Waals surface area contributed by atoms with Gasteiger partial charge in [0.05, 0.1) is 11.8 Å². The van der Waals surface area contributed by atoms with Gasteiger partial charge in [-0.15, -0.1) is 0 Å². The number of aromatic amines is 1. The van der Waals surface area contributed by atoms with Gasteiger partial charge >= 0.3 is 0 Å². The number of hydrogen-bond acceptors (Lipinski definition) is 3. The van der Waals surface area contributed by atoms with Crippen molar-refractivity contribution in [2.45, 2.75) is 44.9 Å². The van der Waals surface area contributed by atoms with Gasteiger partial charge in [0.1, 0.15) is 10.8 Å². The first-order chi connectivity index (χ1) is 10.1. The molecule has 3 atom stereocenters. The second-order valence-corrected chi connectivity index (χ2v) is 6.77. The average molecular weight is 306 g/mol. The second-order valence-electron chi connectivity index (χ2n) is 6.33. The number of H-pyrrole nitrogens is 1. The topological polar surface area (TPSA) is 83.8 Å². The summed E-state index contributed by atoms with van der Waals surface area (Å²) in [6, 6.07) is 0. The molecule has 0 radical (unpaired) electrons. The molecule has 0 bridgehead atoms. The highest BCUT2D eigenvalue weighted by atomic mass is 32.1. The number of anilines is 1. The third kappa shape index (κ3) is 3.10. The molecule has 1 aromatic rings. The summed E-state index contributed by atoms with van der Waals surface area (Å²) < 4.78 is 0. The first-order valence-corrected chi connectivity index (χ1v) is 8.20. The lowest BCUT2D eigenvalue weighted by Gasteiger charge is -2.38. The van der Waals surface area contributed by atoms with Crippen LogP contribution in [-0.2, 0) is 4.79 Å². The number of nitrogens with two attached hydrogens (primary N) is 1. The van der Waals surface area contributed by atoms with E-state index in [1.54, 1.807) is 6.20 Å². The van der Waals surface area contributed by atoms with E-state index in [4.69, 9.17) is 18.0 Å². The summed E-state index contributed by atoms with van der Waals surface area (Å²) in [5.74, 6) is 2.29. The Balaban J connectivity index is 1.63. The summed E-state index contributed by atoms with van der Waals surface area (Å²) in [5.41, 5.74) is 6.22. The molecule has 3 rings (SSSR count). The number of carbonyl (C=O) groups excluding carboxylic acids is 1. The molecule has 0 saturated heterocycles. The summed E-state index contributed by atoms with van der Waals surface area (Å²) in [7, 11) is 0. The predicted molar refractivity (Wildman–Crippen MR) is 85.9 cm³/mol. The molecule has 0 aliphatic heterocycles. The maximum Gasteiger partial charge on any atom is 0.228 e. The van der Waals surface area contributed by atoms with Crippen LogP contribution in [0.5, 0.6) is 0 Å². The van der Waals surface area contributed by atoms with Gasteiger partial charge in [0, 0.05) is 5.92 Å². The van der Waals surface area contributed by atoms with Crippen molar-refractivity contribution in [3.63, 3.8) is 0 Å². The Labute approximate surface area is 130 Å². The van der Waals surface area contributed by atoms with Crippen molar-refractivity contribution in [2.75, 3.05) is 5.32 Å². The zero-order valence-electron chi connectivity index (χ0n) is 12.1. The number of fused-ring (bicyclic) bond motifs is 1. The molecule has 1 aromatic heterocycles. The quantitative estimate of drug-likeness (QED) is 0.749. The van der Waals surface area contributed by atoms with Crippen LogP contribution in [0.25, 0.3) is 0 Å². The van der Waals surface area contributed by atoms with Crippen molar-refractivity contribution in [2.24, 2.45) is 23.5 Å². The Bertz CT molecular complexity index is 542. The minimum absolute atomic E-state index is 0.0702. The highest BCUT2D eigenvalue weighted by Gasteiger charge is 2.35. The van der Waals surface area contributed by atoms with Gasteiger partial charge in [-0.1, -0.05) is 37.9 Å². The zero-order chi connectivity index (χ0) is 14.8. The maximum absolute atomic E-state index is 12.5. The van der Waals surface area contributed by atoms with E-state index >= 15 is 0 Å². The molecule has 0 spiro atoms. The molecule has 0 aromatic carbocycles. The Kier molecular flexibility index (Phi) is 4.24. The molecule has 1 heterocycles. The normalized spacial score (nSPS) is 28.7. The van der Waals surface area contributed by atoms with Gasteiger partial charge in [-0.25, -0.2) is 0 Å². The number of nitrogens with zero attached hydrogens (tertiary/aromatic N) is 1. The summed E-state index contributed by atoms with van der Waals surface area (Å²) in [6.45, 7) is 0. The summed E-state index contributed by atoms with van der Waals surface area (Å²) >= 11 is 4.96. The average Bonchev–Trinajstić information content (AvgIpc) is 2.95. The molecule has 5 nitrogen and oxygen atoms in total. The van der Waals surface area contributed by atoms with Crippen LogP contribution in [-0.4, -0.2) is 21.1 Å². The largest absolute Gasteiger partial charge is 0.389 e. The van der Waals surface area contributed by atoms with Crippen molar-refractivity contribution < 1.29 is 4.79 Å². The third-order valence-electron chi connectivity index (χ3n) is 5.06. The van der Waals surface area contributed by atoms with E-state index in [9.17, 15) is 4.79 Å². The summed E-state index contributed by atoms with van der Waals surface area (Å²) in [6.07, 6.45) is 10.1. The molecule has 114 valence electrons. The van der Waals surface area contributed by atoms with E-state index in [-0.39, 0.29) is 16.8 Å². The number of amides is 1. The van der Waals surface area contributed by atoms with E-state index in [0.29, 0.717) is 11.4 Å². The maximum atomic E-state index is 12.5. The van der Waals surface area contributed by atoms with Crippen LogP contribution >= 0.6 is 12.2 Å². The van der Waals surface area contributed by atoms with Crippen molar-refractivity contribution >= 4 is 28.9 Å². The van der Waals surface area contributed by atoms with Crippen LogP contribution in [0.15, 0.2) is 6.20 Å². The van der Waals surface area contributed by atoms with Crippen LogP contribution in [0.2, 0.25) is 0 Å². The Morgan fingerprint density at radius 3 is 2.81 bits per heavy atom. The molecule has 2 aliphatic rings. The summed E-state index contributed by atoms with van der Waals surface area (Å²) in [4.78, 5) is 12.7. The Morgan fingerprint density at radius 1 is 1.29 bits per heavy atom. The lowest BCUT2D eigenvalue weighted by atomic mass is 9.67. The van der Waals surface area contributed by atoms with Crippen molar-refractivity contribution in [3.05, 3.63) is 11.8 Å². The van der Waals surface area contributed by atoms with Crippen molar-refractivity contribution in [1.82, 2.24) is 10.2 Å². The molecule has 4 N–H and O–H groups in total. The van der Waals surface area contributed by atoms with E-state index in [2.05, 4.69) is 15.5 Å². The number of hydrogen-bond donors (Lipinski definition) is 3. The monoisotopic (exact) mass is 306 g/mol. The van der Waals surface area contributed by atoms with Crippen LogP contribution in [0.1, 0.15) is 50.5 Å². The highest BCUT2D eigenvalue weighted by molar-refractivity contribution is 7.80. The van der Waals surface area contributed by atoms with E-state index in [0.717, 1.165) is 24.7 Å². The number of carbonyl (C=O) groups is 1. The van der Waals surface area contributed by atoms with Crippen LogP contribution in [0.4, 0.5) is 5.82 Å². The van der Waals surface area contributed by atoms with E-state index in [1.807, 2.05) is 0 Å². The Hall–Kier alpha value is -1.43. The van der Waals surface area contributed by atoms with Crippen molar-refractivity contribution in [3.8, 4) is 0 Å². The zero-order valence-corrected chi connectivity index (χ0v) is 12.9. The lowest BCUT2D eigenvalue weighted by molar-refractivity contribution is -0.122. The van der Waals surface area contributed by atoms with Gasteiger partial charge < -0.3 is 11.1 Å². The molecular weight excluding hydrogens is 284 g/mol. The minimum atomic E-state index is 0.0702. The lowest BCUT2D eigenvalue weighted by Crippen LogP contribution is -2.34. The molecule has 21 heavy (non-hydrogen) atoms. The van der Waals surface area contributed by atoms with Crippen molar-refractivity contribution in [1.29, 1.82) is 0 Å². The van der Waals surface area contributed by atoms with Crippen LogP contribution < -0.4 is 11.1 Å².